The van der Waals surface area contributed by atoms with Crippen LogP contribution in [0.15, 0.2) is 36.4 Å². The van der Waals surface area contributed by atoms with E-state index >= 15 is 0 Å². The molecule has 0 saturated carbocycles. The Morgan fingerprint density at radius 2 is 1.94 bits per heavy atom. The molecule has 0 aliphatic heterocycles. The zero-order chi connectivity index (χ0) is 13.1. The molecular weight excluding hydrogens is 236 g/mol. The van der Waals surface area contributed by atoms with Gasteiger partial charge in [-0.25, -0.2) is 8.78 Å². The number of halogens is 2. The Balaban J connectivity index is 2.11. The first-order chi connectivity index (χ1) is 8.58. The van der Waals surface area contributed by atoms with Crippen molar-refractivity contribution in [3.05, 3.63) is 59.2 Å². The van der Waals surface area contributed by atoms with Crippen LogP contribution in [0.2, 0.25) is 0 Å². The largest absolute Gasteiger partial charge is 0.489 e. The molecule has 0 bridgehead atoms. The van der Waals surface area contributed by atoms with Crippen LogP contribution in [-0.2, 0) is 6.61 Å². The highest BCUT2D eigenvalue weighted by atomic mass is 19.1. The number of aryl methyl sites for hydroxylation is 1. The number of nitrogens with two attached hydrogens (primary N) is 1. The van der Waals surface area contributed by atoms with Crippen LogP contribution in [-0.4, -0.2) is 0 Å². The first-order valence-electron chi connectivity index (χ1n) is 5.50. The standard InChI is InChI=1S/C14H13F2NO/c1-9-7-11(5-6-12(9)15)18-8-10-3-2-4-13(17)14(10)16/h2-7H,8,17H2,1H3. The molecular formula is C14H13F2NO. The topological polar surface area (TPSA) is 35.2 Å². The Kier molecular flexibility index (Phi) is 3.46. The number of hydrogen-bond donors (Lipinski definition) is 1. The first kappa shape index (κ1) is 12.4. The highest BCUT2D eigenvalue weighted by Crippen LogP contribution is 2.20. The van der Waals surface area contributed by atoms with Crippen LogP contribution in [0.5, 0.6) is 5.75 Å². The van der Waals surface area contributed by atoms with Crippen molar-refractivity contribution in [3.63, 3.8) is 0 Å². The smallest absolute Gasteiger partial charge is 0.152 e. The molecule has 0 aromatic heterocycles. The first-order valence-corrected chi connectivity index (χ1v) is 5.50. The predicted molar refractivity (Wildman–Crippen MR) is 66.3 cm³/mol. The second-order valence-electron chi connectivity index (χ2n) is 4.02. The molecule has 2 nitrogen and oxygen atoms in total. The summed E-state index contributed by atoms with van der Waals surface area (Å²) in [5, 5.41) is 0. The number of hydrogen-bond acceptors (Lipinski definition) is 2. The van der Waals surface area contributed by atoms with Gasteiger partial charge in [0, 0.05) is 5.56 Å². The molecule has 0 unspecified atom stereocenters. The van der Waals surface area contributed by atoms with E-state index in [4.69, 9.17) is 10.5 Å². The van der Waals surface area contributed by atoms with Gasteiger partial charge in [-0.3, -0.25) is 0 Å². The summed E-state index contributed by atoms with van der Waals surface area (Å²) in [7, 11) is 0. The minimum atomic E-state index is -0.476. The average molecular weight is 249 g/mol. The lowest BCUT2D eigenvalue weighted by Crippen LogP contribution is -2.01. The fourth-order valence-electron chi connectivity index (χ4n) is 1.58. The summed E-state index contributed by atoms with van der Waals surface area (Å²) in [6.45, 7) is 1.70. The summed E-state index contributed by atoms with van der Waals surface area (Å²) in [4.78, 5) is 0. The van der Waals surface area contributed by atoms with E-state index < -0.39 is 5.82 Å². The summed E-state index contributed by atoms with van der Waals surface area (Å²) in [5.41, 5.74) is 6.40. The minimum Gasteiger partial charge on any atom is -0.489 e. The van der Waals surface area contributed by atoms with Crippen LogP contribution in [0, 0.1) is 18.6 Å². The molecule has 0 atom stereocenters. The molecule has 94 valence electrons. The Morgan fingerprint density at radius 1 is 1.17 bits per heavy atom. The number of anilines is 1. The SMILES string of the molecule is Cc1cc(OCc2cccc(N)c2F)ccc1F. The predicted octanol–water partition coefficient (Wildman–Crippen LogP) is 3.43. The lowest BCUT2D eigenvalue weighted by molar-refractivity contribution is 0.299. The van der Waals surface area contributed by atoms with E-state index in [-0.39, 0.29) is 18.1 Å². The lowest BCUT2D eigenvalue weighted by atomic mass is 10.2. The monoisotopic (exact) mass is 249 g/mol. The maximum atomic E-state index is 13.6. The highest BCUT2D eigenvalue weighted by molar-refractivity contribution is 5.42. The Morgan fingerprint density at radius 3 is 2.67 bits per heavy atom. The van der Waals surface area contributed by atoms with Crippen LogP contribution in [0.25, 0.3) is 0 Å². The van der Waals surface area contributed by atoms with Crippen LogP contribution in [0.3, 0.4) is 0 Å². The van der Waals surface area contributed by atoms with E-state index in [9.17, 15) is 8.78 Å². The molecule has 2 N–H and O–H groups in total. The van der Waals surface area contributed by atoms with Crippen LogP contribution >= 0.6 is 0 Å². The Labute approximate surface area is 104 Å². The van der Waals surface area contributed by atoms with Crippen LogP contribution in [0.1, 0.15) is 11.1 Å². The summed E-state index contributed by atoms with van der Waals surface area (Å²) >= 11 is 0. The molecule has 0 spiro atoms. The summed E-state index contributed by atoms with van der Waals surface area (Å²) in [6.07, 6.45) is 0. The van der Waals surface area contributed by atoms with Gasteiger partial charge in [0.1, 0.15) is 18.2 Å². The fraction of sp³-hybridized carbons (Fsp3) is 0.143. The van der Waals surface area contributed by atoms with E-state index in [0.29, 0.717) is 16.9 Å². The molecule has 18 heavy (non-hydrogen) atoms. The third kappa shape index (κ3) is 2.59. The van der Waals surface area contributed by atoms with Crippen molar-refractivity contribution >= 4 is 5.69 Å². The summed E-state index contributed by atoms with van der Waals surface area (Å²) < 4.78 is 32.0. The van der Waals surface area contributed by atoms with Gasteiger partial charge in [-0.2, -0.15) is 0 Å². The van der Waals surface area contributed by atoms with Crippen molar-refractivity contribution in [1.82, 2.24) is 0 Å². The van der Waals surface area contributed by atoms with E-state index in [0.717, 1.165) is 0 Å². The number of rotatable bonds is 3. The van der Waals surface area contributed by atoms with Gasteiger partial charge in [-0.05, 0) is 36.8 Å². The molecule has 0 amide bonds. The maximum absolute atomic E-state index is 13.6. The third-order valence-corrected chi connectivity index (χ3v) is 2.63. The quantitative estimate of drug-likeness (QED) is 0.846. The van der Waals surface area contributed by atoms with Gasteiger partial charge in [-0.15, -0.1) is 0 Å². The second-order valence-corrected chi connectivity index (χ2v) is 4.02. The molecule has 0 aliphatic rings. The van der Waals surface area contributed by atoms with Gasteiger partial charge >= 0.3 is 0 Å². The van der Waals surface area contributed by atoms with Crippen molar-refractivity contribution in [2.75, 3.05) is 5.73 Å². The Hall–Kier alpha value is -2.10. The highest BCUT2D eigenvalue weighted by Gasteiger charge is 2.06. The Bertz CT molecular complexity index is 570. The summed E-state index contributed by atoms with van der Waals surface area (Å²) in [6, 6.07) is 9.14. The van der Waals surface area contributed by atoms with Gasteiger partial charge in [-0.1, -0.05) is 12.1 Å². The lowest BCUT2D eigenvalue weighted by Gasteiger charge is -2.09. The zero-order valence-corrected chi connectivity index (χ0v) is 9.91. The van der Waals surface area contributed by atoms with Gasteiger partial charge in [0.15, 0.2) is 5.82 Å². The van der Waals surface area contributed by atoms with Gasteiger partial charge in [0.2, 0.25) is 0 Å². The van der Waals surface area contributed by atoms with Crippen molar-refractivity contribution in [2.45, 2.75) is 13.5 Å². The number of benzene rings is 2. The van der Waals surface area contributed by atoms with E-state index in [2.05, 4.69) is 0 Å². The normalized spacial score (nSPS) is 10.4. The van der Waals surface area contributed by atoms with Crippen LogP contribution < -0.4 is 10.5 Å². The van der Waals surface area contributed by atoms with Crippen molar-refractivity contribution in [1.29, 1.82) is 0 Å². The molecule has 0 saturated heterocycles. The van der Waals surface area contributed by atoms with Gasteiger partial charge < -0.3 is 10.5 Å². The second kappa shape index (κ2) is 5.04. The molecule has 2 aromatic carbocycles. The van der Waals surface area contributed by atoms with Crippen molar-refractivity contribution < 1.29 is 13.5 Å². The zero-order valence-electron chi connectivity index (χ0n) is 9.91. The summed E-state index contributed by atoms with van der Waals surface area (Å²) in [5.74, 6) is -0.274. The van der Waals surface area contributed by atoms with Gasteiger partial charge in [0.25, 0.3) is 0 Å². The third-order valence-electron chi connectivity index (χ3n) is 2.63. The number of nitrogen functional groups attached to an aromatic ring is 1. The van der Waals surface area contributed by atoms with E-state index in [1.54, 1.807) is 25.1 Å². The van der Waals surface area contributed by atoms with Gasteiger partial charge in [0.05, 0.1) is 5.69 Å². The van der Waals surface area contributed by atoms with Crippen molar-refractivity contribution in [3.8, 4) is 5.75 Å². The molecule has 4 heteroatoms. The van der Waals surface area contributed by atoms with E-state index in [1.807, 2.05) is 0 Å². The maximum Gasteiger partial charge on any atom is 0.152 e. The minimum absolute atomic E-state index is 0.0575. The van der Waals surface area contributed by atoms with Crippen LogP contribution in [0.4, 0.5) is 14.5 Å². The number of ether oxygens (including phenoxy) is 1. The molecule has 0 aliphatic carbocycles. The van der Waals surface area contributed by atoms with Crippen molar-refractivity contribution in [2.24, 2.45) is 0 Å². The molecule has 0 fully saturated rings. The van der Waals surface area contributed by atoms with E-state index in [1.165, 1.54) is 18.2 Å². The average Bonchev–Trinajstić information content (AvgIpc) is 2.35. The molecule has 0 heterocycles. The molecule has 0 radical (unpaired) electrons. The molecule has 2 rings (SSSR count). The molecule has 2 aromatic rings. The fourth-order valence-corrected chi connectivity index (χ4v) is 1.58.